The van der Waals surface area contributed by atoms with Gasteiger partial charge in [-0.1, -0.05) is 26.7 Å². The minimum absolute atomic E-state index is 0.415. The van der Waals surface area contributed by atoms with Gasteiger partial charge in [-0.05, 0) is 32.2 Å². The maximum Gasteiger partial charge on any atom is 0.320 e. The zero-order valence-corrected chi connectivity index (χ0v) is 11.0. The summed E-state index contributed by atoms with van der Waals surface area (Å²) in [7, 11) is 0. The molecule has 1 heterocycles. The number of aliphatic carboxylic acids is 1. The Bertz CT molecular complexity index is 251. The highest BCUT2D eigenvalue weighted by atomic mass is 16.4. The van der Waals surface area contributed by atoms with Crippen LogP contribution in [0, 0.1) is 0 Å². The second kappa shape index (κ2) is 6.36. The molecule has 17 heavy (non-hydrogen) atoms. The lowest BCUT2D eigenvalue weighted by molar-refractivity contribution is -0.144. The average molecular weight is 243 g/mol. The van der Waals surface area contributed by atoms with Gasteiger partial charge < -0.3 is 10.2 Å². The number of likely N-dealkylation sites (tertiary alicyclic amines) is 1. The second-order valence-electron chi connectivity index (χ2n) is 5.11. The quantitative estimate of drug-likeness (QED) is 0.774. The molecule has 4 nitrogen and oxygen atoms in total. The molecule has 0 aromatic rings. The number of aliphatic hydroxyl groups is 1. The largest absolute Gasteiger partial charge is 0.480 e. The molecule has 0 saturated carbocycles. The number of rotatable bonds is 5. The molecule has 0 aromatic heterocycles. The van der Waals surface area contributed by atoms with Crippen LogP contribution in [0.25, 0.3) is 0 Å². The van der Waals surface area contributed by atoms with Crippen LogP contribution in [0.5, 0.6) is 0 Å². The van der Waals surface area contributed by atoms with E-state index in [9.17, 15) is 15.0 Å². The number of nitrogens with zero attached hydrogens (tertiary/aromatic N) is 1. The van der Waals surface area contributed by atoms with Gasteiger partial charge in [0, 0.05) is 6.54 Å². The summed E-state index contributed by atoms with van der Waals surface area (Å²) in [5.74, 6) is -0.749. The van der Waals surface area contributed by atoms with Gasteiger partial charge in [0.25, 0.3) is 0 Å². The van der Waals surface area contributed by atoms with E-state index in [1.54, 1.807) is 0 Å². The average Bonchev–Trinajstić information content (AvgIpc) is 2.54. The van der Waals surface area contributed by atoms with E-state index in [1.165, 1.54) is 0 Å². The molecule has 1 atom stereocenters. The third-order valence-corrected chi connectivity index (χ3v) is 3.96. The van der Waals surface area contributed by atoms with Crippen molar-refractivity contribution < 1.29 is 15.0 Å². The lowest BCUT2D eigenvalue weighted by Gasteiger charge is -2.35. The molecule has 1 rings (SSSR count). The Hall–Kier alpha value is -0.610. The summed E-state index contributed by atoms with van der Waals surface area (Å²) in [6.07, 6.45) is 5.16. The molecule has 1 aliphatic rings. The van der Waals surface area contributed by atoms with Crippen molar-refractivity contribution in [1.82, 2.24) is 4.90 Å². The summed E-state index contributed by atoms with van der Waals surface area (Å²) in [5, 5.41) is 19.6. The van der Waals surface area contributed by atoms with Crippen LogP contribution in [-0.4, -0.2) is 45.8 Å². The summed E-state index contributed by atoms with van der Waals surface area (Å²) in [5.41, 5.74) is -0.738. The van der Waals surface area contributed by atoms with Crippen molar-refractivity contribution in [3.05, 3.63) is 0 Å². The summed E-state index contributed by atoms with van der Waals surface area (Å²) < 4.78 is 0. The highest BCUT2D eigenvalue weighted by Crippen LogP contribution is 2.23. The molecule has 0 aliphatic carbocycles. The molecule has 0 spiro atoms. The Morgan fingerprint density at radius 1 is 1.29 bits per heavy atom. The van der Waals surface area contributed by atoms with E-state index in [0.717, 1.165) is 25.8 Å². The van der Waals surface area contributed by atoms with E-state index < -0.39 is 17.6 Å². The third-order valence-electron chi connectivity index (χ3n) is 3.96. The molecule has 1 aliphatic heterocycles. The van der Waals surface area contributed by atoms with Gasteiger partial charge in [-0.3, -0.25) is 9.69 Å². The molecular formula is C13H25NO3. The minimum atomic E-state index is -0.749. The number of β-amino-alcohol motifs (C(OH)–C–C–N with tert-alkyl or cyclic N) is 1. The normalized spacial score (nSPS) is 23.4. The van der Waals surface area contributed by atoms with Gasteiger partial charge in [-0.2, -0.15) is 0 Å². The molecule has 1 unspecified atom stereocenters. The van der Waals surface area contributed by atoms with Crippen LogP contribution in [0.1, 0.15) is 52.4 Å². The van der Waals surface area contributed by atoms with Gasteiger partial charge in [0.05, 0.1) is 5.60 Å². The van der Waals surface area contributed by atoms with Crippen molar-refractivity contribution >= 4 is 5.97 Å². The zero-order valence-electron chi connectivity index (χ0n) is 11.0. The van der Waals surface area contributed by atoms with E-state index in [-0.39, 0.29) is 0 Å². The Kier molecular flexibility index (Phi) is 5.40. The van der Waals surface area contributed by atoms with Crippen molar-refractivity contribution in [2.24, 2.45) is 0 Å². The number of hydrogen-bond donors (Lipinski definition) is 2. The Labute approximate surface area is 104 Å². The summed E-state index contributed by atoms with van der Waals surface area (Å²) in [6.45, 7) is 5.18. The van der Waals surface area contributed by atoms with Gasteiger partial charge in [0.1, 0.15) is 6.04 Å². The molecule has 0 amide bonds. The van der Waals surface area contributed by atoms with Gasteiger partial charge in [-0.25, -0.2) is 0 Å². The summed E-state index contributed by atoms with van der Waals surface area (Å²) >= 11 is 0. The maximum atomic E-state index is 11.3. The van der Waals surface area contributed by atoms with Gasteiger partial charge in [0.2, 0.25) is 0 Å². The number of hydrogen-bond acceptors (Lipinski definition) is 3. The highest BCUT2D eigenvalue weighted by Gasteiger charge is 2.33. The highest BCUT2D eigenvalue weighted by molar-refractivity contribution is 5.73. The Balaban J connectivity index is 2.72. The molecule has 0 bridgehead atoms. The van der Waals surface area contributed by atoms with Crippen molar-refractivity contribution in [1.29, 1.82) is 0 Å². The molecule has 4 heteroatoms. The van der Waals surface area contributed by atoms with Crippen LogP contribution < -0.4 is 0 Å². The van der Waals surface area contributed by atoms with Gasteiger partial charge in [-0.15, -0.1) is 0 Å². The zero-order chi connectivity index (χ0) is 12.9. The topological polar surface area (TPSA) is 60.8 Å². The monoisotopic (exact) mass is 243 g/mol. The molecule has 1 fully saturated rings. The smallest absolute Gasteiger partial charge is 0.320 e. The van der Waals surface area contributed by atoms with Crippen LogP contribution in [0.4, 0.5) is 0 Å². The van der Waals surface area contributed by atoms with E-state index in [2.05, 4.69) is 0 Å². The molecule has 0 aromatic carbocycles. The molecule has 100 valence electrons. The van der Waals surface area contributed by atoms with Crippen molar-refractivity contribution in [3.63, 3.8) is 0 Å². The summed E-state index contributed by atoms with van der Waals surface area (Å²) in [4.78, 5) is 13.2. The SMILES string of the molecule is CCC(O)(CC)CN1CCCCCC1C(=O)O. The van der Waals surface area contributed by atoms with E-state index in [0.29, 0.717) is 25.8 Å². The molecular weight excluding hydrogens is 218 g/mol. The first-order valence-corrected chi connectivity index (χ1v) is 6.71. The Morgan fingerprint density at radius 3 is 2.47 bits per heavy atom. The number of carbonyl (C=O) groups is 1. The minimum Gasteiger partial charge on any atom is -0.480 e. The van der Waals surface area contributed by atoms with Crippen LogP contribution >= 0.6 is 0 Å². The van der Waals surface area contributed by atoms with Gasteiger partial charge in [0.15, 0.2) is 0 Å². The maximum absolute atomic E-state index is 11.3. The van der Waals surface area contributed by atoms with E-state index in [1.807, 2.05) is 18.7 Å². The fourth-order valence-electron chi connectivity index (χ4n) is 2.49. The lowest BCUT2D eigenvalue weighted by atomic mass is 9.95. The number of carboxylic acids is 1. The van der Waals surface area contributed by atoms with Gasteiger partial charge >= 0.3 is 5.97 Å². The molecule has 2 N–H and O–H groups in total. The first-order chi connectivity index (χ1) is 8.02. The predicted octanol–water partition coefficient (Wildman–Crippen LogP) is 1.87. The second-order valence-corrected chi connectivity index (χ2v) is 5.11. The van der Waals surface area contributed by atoms with Crippen LogP contribution in [-0.2, 0) is 4.79 Å². The van der Waals surface area contributed by atoms with E-state index in [4.69, 9.17) is 0 Å². The molecule has 1 saturated heterocycles. The van der Waals surface area contributed by atoms with Crippen molar-refractivity contribution in [2.75, 3.05) is 13.1 Å². The van der Waals surface area contributed by atoms with E-state index >= 15 is 0 Å². The van der Waals surface area contributed by atoms with Crippen LogP contribution in [0.15, 0.2) is 0 Å². The first-order valence-electron chi connectivity index (χ1n) is 6.71. The standard InChI is InChI=1S/C13H25NO3/c1-3-13(17,4-2)10-14-9-7-5-6-8-11(14)12(15)16/h11,17H,3-10H2,1-2H3,(H,15,16). The lowest BCUT2D eigenvalue weighted by Crippen LogP contribution is -2.49. The van der Waals surface area contributed by atoms with Crippen LogP contribution in [0.2, 0.25) is 0 Å². The van der Waals surface area contributed by atoms with Crippen LogP contribution in [0.3, 0.4) is 0 Å². The first kappa shape index (κ1) is 14.5. The Morgan fingerprint density at radius 2 is 1.94 bits per heavy atom. The summed E-state index contributed by atoms with van der Waals surface area (Å²) in [6, 6.07) is -0.415. The fourth-order valence-corrected chi connectivity index (χ4v) is 2.49. The van der Waals surface area contributed by atoms with Crippen molar-refractivity contribution in [3.8, 4) is 0 Å². The van der Waals surface area contributed by atoms with Crippen molar-refractivity contribution in [2.45, 2.75) is 64.0 Å². The predicted molar refractivity (Wildman–Crippen MR) is 67.0 cm³/mol. The number of carboxylic acid groups (broad SMARTS) is 1. The fraction of sp³-hybridized carbons (Fsp3) is 0.923. The third kappa shape index (κ3) is 3.96. The molecule has 0 radical (unpaired) electrons.